The summed E-state index contributed by atoms with van der Waals surface area (Å²) >= 11 is 0. The summed E-state index contributed by atoms with van der Waals surface area (Å²) in [5.41, 5.74) is 2.22. The number of carbonyl (C=O) groups excluding carboxylic acids is 2. The Hall–Kier alpha value is -1.36. The molecular weight excluding hydrogens is 385 g/mol. The van der Waals surface area contributed by atoms with Gasteiger partial charge in [-0.05, 0) is 18.1 Å². The molecule has 1 aromatic heterocycles. The van der Waals surface area contributed by atoms with Crippen LogP contribution in [0.4, 0.5) is 4.79 Å². The van der Waals surface area contributed by atoms with Crippen molar-refractivity contribution in [2.75, 3.05) is 13.2 Å². The maximum Gasteiger partial charge on any atom is 1.00 e. The molecule has 14 nitrogen and oxygen atoms in total. The van der Waals surface area contributed by atoms with Gasteiger partial charge in [-0.15, -0.1) is 10.2 Å². The number of hydrogen-bond donors (Lipinski definition) is 1. The monoisotopic (exact) mass is 399 g/mol. The molecule has 0 unspecified atom stereocenters. The van der Waals surface area contributed by atoms with Gasteiger partial charge < -0.3 is 9.45 Å². The Labute approximate surface area is 169 Å². The Balaban J connectivity index is 0.00000243. The fraction of sp³-hybridized carbons (Fsp3) is 0.700. The summed E-state index contributed by atoms with van der Waals surface area (Å²) < 4.78 is 36.3. The summed E-state index contributed by atoms with van der Waals surface area (Å²) in [6, 6.07) is -2.30. The van der Waals surface area contributed by atoms with Gasteiger partial charge in [-0.1, -0.05) is 0 Å². The minimum atomic E-state index is -5.07. The summed E-state index contributed by atoms with van der Waals surface area (Å²) in [7, 11) is -5.07. The molecule has 26 heavy (non-hydrogen) atoms. The van der Waals surface area contributed by atoms with Gasteiger partial charge in [-0.2, -0.15) is 14.1 Å². The maximum atomic E-state index is 12.2. The number of nitrogens with one attached hydrogen (secondary N) is 1. The van der Waals surface area contributed by atoms with Crippen LogP contribution in [0.2, 0.25) is 0 Å². The topological polar surface area (TPSA) is 172 Å². The Morgan fingerprint density at radius 1 is 1.42 bits per heavy atom. The zero-order valence-corrected chi connectivity index (χ0v) is 16.5. The normalized spacial score (nSPS) is 22.3. The van der Waals surface area contributed by atoms with Crippen molar-refractivity contribution in [1.29, 1.82) is 0 Å². The van der Waals surface area contributed by atoms with Gasteiger partial charge in [0, 0.05) is 6.54 Å². The maximum absolute atomic E-state index is 12.2. The van der Waals surface area contributed by atoms with Crippen LogP contribution in [-0.2, 0) is 30.9 Å². The minimum absolute atomic E-state index is 0. The van der Waals surface area contributed by atoms with E-state index >= 15 is 0 Å². The molecule has 138 valence electrons. The predicted octanol–water partition coefficient (Wildman–Crippen LogP) is -5.61. The van der Waals surface area contributed by atoms with Gasteiger partial charge in [0.05, 0.1) is 19.2 Å². The average Bonchev–Trinajstić information content (AvgIpc) is 3.14. The van der Waals surface area contributed by atoms with Crippen LogP contribution < -0.4 is 35.0 Å². The van der Waals surface area contributed by atoms with Crippen molar-refractivity contribution in [3.05, 3.63) is 6.33 Å². The molecule has 3 rings (SSSR count). The molecule has 0 aromatic carbocycles. The molecule has 1 aromatic rings. The van der Waals surface area contributed by atoms with Crippen molar-refractivity contribution in [2.45, 2.75) is 31.5 Å². The van der Waals surface area contributed by atoms with Gasteiger partial charge in [0.15, 0.2) is 6.33 Å². The van der Waals surface area contributed by atoms with Crippen molar-refractivity contribution in [1.82, 2.24) is 35.7 Å². The van der Waals surface area contributed by atoms with Gasteiger partial charge in [-0.3, -0.25) is 9.63 Å². The van der Waals surface area contributed by atoms with Gasteiger partial charge in [0.25, 0.3) is 5.91 Å². The van der Waals surface area contributed by atoms with E-state index in [1.165, 1.54) is 11.1 Å². The van der Waals surface area contributed by atoms with Crippen molar-refractivity contribution in [3.63, 3.8) is 0 Å². The van der Waals surface area contributed by atoms with E-state index < -0.39 is 34.4 Å². The number of aromatic nitrogens is 4. The first-order valence-corrected chi connectivity index (χ1v) is 8.56. The van der Waals surface area contributed by atoms with E-state index in [2.05, 4.69) is 25.2 Å². The quantitative estimate of drug-likeness (QED) is 0.153. The summed E-state index contributed by atoms with van der Waals surface area (Å²) in [5.74, 6) is -0.565. The summed E-state index contributed by atoms with van der Waals surface area (Å²) in [5, 5.41) is 11.4. The number of urea groups is 1. The van der Waals surface area contributed by atoms with Crippen molar-refractivity contribution < 1.29 is 61.2 Å². The second kappa shape index (κ2) is 8.55. The van der Waals surface area contributed by atoms with Gasteiger partial charge in [0.1, 0.15) is 6.04 Å². The van der Waals surface area contributed by atoms with Gasteiger partial charge >= 0.3 is 35.6 Å². The number of nitrogens with zero attached hydrogens (tertiary/aromatic N) is 6. The van der Waals surface area contributed by atoms with Crippen LogP contribution in [0.1, 0.15) is 12.8 Å². The second-order valence-electron chi connectivity index (χ2n) is 5.34. The fourth-order valence-electron chi connectivity index (χ4n) is 2.71. The van der Waals surface area contributed by atoms with Crippen molar-refractivity contribution >= 4 is 22.3 Å². The molecule has 0 radical (unpaired) electrons. The number of hydroxylamine groups is 3. The number of carbonyl (C=O) groups is 2. The summed E-state index contributed by atoms with van der Waals surface area (Å²) in [6.07, 6.45) is 1.83. The number of rotatable bonds is 7. The molecule has 2 aliphatic rings. The third kappa shape index (κ3) is 4.87. The summed E-state index contributed by atoms with van der Waals surface area (Å²) in [6.45, 7) is 0.420. The molecule has 3 heterocycles. The Kier molecular flexibility index (Phi) is 6.89. The molecule has 16 heteroatoms. The van der Waals surface area contributed by atoms with Crippen molar-refractivity contribution in [2.24, 2.45) is 0 Å². The number of fused-ring (bicyclic) bond motifs is 2. The molecule has 2 aliphatic heterocycles. The number of amides is 3. The van der Waals surface area contributed by atoms with E-state index in [9.17, 15) is 22.6 Å². The van der Waals surface area contributed by atoms with E-state index in [0.29, 0.717) is 11.5 Å². The third-order valence-electron chi connectivity index (χ3n) is 3.75. The number of tetrazole rings is 1. The largest absolute Gasteiger partial charge is 1.00 e. The van der Waals surface area contributed by atoms with Crippen LogP contribution in [0.25, 0.3) is 0 Å². The van der Waals surface area contributed by atoms with E-state index in [-0.39, 0.29) is 55.7 Å². The first-order valence-electron chi connectivity index (χ1n) is 7.23. The van der Waals surface area contributed by atoms with Crippen LogP contribution in [0.5, 0.6) is 0 Å². The standard InChI is InChI=1S/C10H15N7O7S.Na/c18-9(13-23-4-3-16-12-6-11-14-16)8-2-1-7-5-15(8)10(19)17(7)24-25(20,21)22;/h6-8H,1-5H2,(H,13,18)(H,20,21,22);/q;+1/p-1/t7-,8+;/m1./s1. The van der Waals surface area contributed by atoms with Crippen LogP contribution in [0, 0.1) is 0 Å². The van der Waals surface area contributed by atoms with Crippen LogP contribution in [0.15, 0.2) is 6.33 Å². The molecule has 0 spiro atoms. The molecular formula is C10H14N7NaO7S. The zero-order valence-electron chi connectivity index (χ0n) is 13.7. The Morgan fingerprint density at radius 3 is 2.85 bits per heavy atom. The molecule has 2 fully saturated rings. The Morgan fingerprint density at radius 2 is 2.19 bits per heavy atom. The van der Waals surface area contributed by atoms with Crippen LogP contribution >= 0.6 is 0 Å². The van der Waals surface area contributed by atoms with Crippen molar-refractivity contribution in [3.8, 4) is 0 Å². The second-order valence-corrected chi connectivity index (χ2v) is 6.30. The zero-order chi connectivity index (χ0) is 18.0. The average molecular weight is 399 g/mol. The molecule has 0 aliphatic carbocycles. The van der Waals surface area contributed by atoms with E-state index in [4.69, 9.17) is 4.84 Å². The molecule has 3 amide bonds. The fourth-order valence-corrected chi connectivity index (χ4v) is 3.09. The van der Waals surface area contributed by atoms with Gasteiger partial charge in [-0.25, -0.2) is 18.7 Å². The SMILES string of the molecule is O=C(NOCCn1ncnn1)[C@@H]1CC[C@@H]2CN1C(=O)N2OS(=O)(=O)[O-].[Na+]. The van der Waals surface area contributed by atoms with Crippen LogP contribution in [0.3, 0.4) is 0 Å². The minimum Gasteiger partial charge on any atom is -0.724 e. The molecule has 2 saturated heterocycles. The molecule has 2 atom stereocenters. The molecule has 2 bridgehead atoms. The van der Waals surface area contributed by atoms with Gasteiger partial charge in [0.2, 0.25) is 10.4 Å². The van der Waals surface area contributed by atoms with Crippen LogP contribution in [-0.4, -0.2) is 80.3 Å². The number of piperidine rings is 1. The molecule has 1 N–H and O–H groups in total. The third-order valence-corrected chi connectivity index (χ3v) is 4.10. The first kappa shape index (κ1) is 20.9. The van der Waals surface area contributed by atoms with E-state index in [1.807, 2.05) is 0 Å². The number of hydrogen-bond acceptors (Lipinski definition) is 10. The summed E-state index contributed by atoms with van der Waals surface area (Å²) in [4.78, 5) is 31.7. The molecule has 0 saturated carbocycles. The smallest absolute Gasteiger partial charge is 0.724 e. The Bertz CT molecular complexity index is 745. The van der Waals surface area contributed by atoms with E-state index in [0.717, 1.165) is 4.90 Å². The predicted molar refractivity (Wildman–Crippen MR) is 73.4 cm³/mol. The first-order chi connectivity index (χ1) is 11.8. The van der Waals surface area contributed by atoms with E-state index in [1.54, 1.807) is 0 Å².